The molecular weight excluding hydrogens is 242 g/mol. The van der Waals surface area contributed by atoms with Crippen LogP contribution in [0.1, 0.15) is 16.1 Å². The first-order valence-electron chi connectivity index (χ1n) is 5.82. The Bertz CT molecular complexity index is 570. The van der Waals surface area contributed by atoms with Crippen molar-refractivity contribution in [3.63, 3.8) is 0 Å². The van der Waals surface area contributed by atoms with E-state index in [9.17, 15) is 4.79 Å². The normalized spacial score (nSPS) is 9.95. The van der Waals surface area contributed by atoms with Crippen molar-refractivity contribution in [3.8, 4) is 5.75 Å². The second-order valence-electron chi connectivity index (χ2n) is 3.96. The zero-order valence-corrected chi connectivity index (χ0v) is 10.6. The van der Waals surface area contributed by atoms with Gasteiger partial charge in [-0.15, -0.1) is 0 Å². The number of nitrogen functional groups attached to an aromatic ring is 1. The molecule has 0 spiro atoms. The maximum Gasteiger partial charge on any atom is 0.251 e. The van der Waals surface area contributed by atoms with Gasteiger partial charge < -0.3 is 15.8 Å². The minimum Gasteiger partial charge on any atom is -0.495 e. The van der Waals surface area contributed by atoms with Gasteiger partial charge >= 0.3 is 0 Å². The maximum absolute atomic E-state index is 11.9. The first kappa shape index (κ1) is 12.9. The second-order valence-corrected chi connectivity index (χ2v) is 3.96. The number of carbonyl (C=O) groups excluding carboxylic acids is 1. The lowest BCUT2D eigenvalue weighted by atomic mass is 10.1. The number of benzene rings is 1. The quantitative estimate of drug-likeness (QED) is 0.816. The summed E-state index contributed by atoms with van der Waals surface area (Å²) in [5.74, 6) is 0.362. The highest BCUT2D eigenvalue weighted by Gasteiger charge is 2.08. The number of hydrogen-bond acceptors (Lipinski definition) is 4. The van der Waals surface area contributed by atoms with Crippen molar-refractivity contribution < 1.29 is 9.53 Å². The van der Waals surface area contributed by atoms with E-state index in [-0.39, 0.29) is 5.91 Å². The highest BCUT2D eigenvalue weighted by molar-refractivity contribution is 5.95. The van der Waals surface area contributed by atoms with Crippen LogP contribution in [0.3, 0.4) is 0 Å². The van der Waals surface area contributed by atoms with Crippen molar-refractivity contribution >= 4 is 11.6 Å². The van der Waals surface area contributed by atoms with Crippen LogP contribution in [0.25, 0.3) is 0 Å². The Hall–Kier alpha value is -2.56. The number of methoxy groups -OCH3 is 1. The van der Waals surface area contributed by atoms with Crippen LogP contribution in [0, 0.1) is 0 Å². The Kier molecular flexibility index (Phi) is 3.97. The summed E-state index contributed by atoms with van der Waals surface area (Å²) in [6.07, 6.45) is 1.69. The molecule has 0 saturated heterocycles. The smallest absolute Gasteiger partial charge is 0.251 e. The number of aromatic nitrogens is 1. The monoisotopic (exact) mass is 257 g/mol. The molecule has 0 radical (unpaired) electrons. The molecule has 0 unspecified atom stereocenters. The van der Waals surface area contributed by atoms with E-state index in [1.54, 1.807) is 24.4 Å². The molecular formula is C14H15N3O2. The van der Waals surface area contributed by atoms with Crippen molar-refractivity contribution in [2.24, 2.45) is 0 Å². The molecule has 0 bridgehead atoms. The van der Waals surface area contributed by atoms with Crippen molar-refractivity contribution in [1.82, 2.24) is 10.3 Å². The van der Waals surface area contributed by atoms with E-state index in [1.807, 2.05) is 18.2 Å². The summed E-state index contributed by atoms with van der Waals surface area (Å²) in [7, 11) is 1.53. The summed E-state index contributed by atoms with van der Waals surface area (Å²) in [5.41, 5.74) is 7.50. The number of anilines is 1. The van der Waals surface area contributed by atoms with Crippen LogP contribution in [0.5, 0.6) is 5.75 Å². The van der Waals surface area contributed by atoms with Gasteiger partial charge in [-0.1, -0.05) is 6.07 Å². The third-order valence-corrected chi connectivity index (χ3v) is 2.65. The number of nitrogens with one attached hydrogen (secondary N) is 1. The molecule has 19 heavy (non-hydrogen) atoms. The molecule has 0 fully saturated rings. The van der Waals surface area contributed by atoms with E-state index in [1.165, 1.54) is 7.11 Å². The number of amides is 1. The van der Waals surface area contributed by atoms with Crippen molar-refractivity contribution in [1.29, 1.82) is 0 Å². The molecule has 1 heterocycles. The van der Waals surface area contributed by atoms with Gasteiger partial charge in [-0.3, -0.25) is 9.78 Å². The average Bonchev–Trinajstić information content (AvgIpc) is 2.45. The summed E-state index contributed by atoms with van der Waals surface area (Å²) in [5, 5.41) is 2.78. The summed E-state index contributed by atoms with van der Waals surface area (Å²) < 4.78 is 5.04. The van der Waals surface area contributed by atoms with Gasteiger partial charge in [0.25, 0.3) is 5.91 Å². The van der Waals surface area contributed by atoms with E-state index >= 15 is 0 Å². The Labute approximate surface area is 111 Å². The Balaban J connectivity index is 2.02. The molecule has 2 aromatic rings. The van der Waals surface area contributed by atoms with Gasteiger partial charge in [0.2, 0.25) is 0 Å². The first-order valence-corrected chi connectivity index (χ1v) is 5.82. The molecule has 5 nitrogen and oxygen atoms in total. The Morgan fingerprint density at radius 1 is 1.37 bits per heavy atom. The summed E-state index contributed by atoms with van der Waals surface area (Å²) in [6.45, 7) is 0.381. The molecule has 0 aliphatic carbocycles. The summed E-state index contributed by atoms with van der Waals surface area (Å²) in [4.78, 5) is 16.1. The van der Waals surface area contributed by atoms with Crippen molar-refractivity contribution in [2.45, 2.75) is 6.54 Å². The lowest BCUT2D eigenvalue weighted by Crippen LogP contribution is -2.23. The fraction of sp³-hybridized carbons (Fsp3) is 0.143. The molecule has 1 aromatic carbocycles. The van der Waals surface area contributed by atoms with E-state index in [2.05, 4.69) is 10.3 Å². The topological polar surface area (TPSA) is 77.2 Å². The van der Waals surface area contributed by atoms with Crippen LogP contribution in [0.4, 0.5) is 5.69 Å². The number of rotatable bonds is 4. The van der Waals surface area contributed by atoms with Crippen molar-refractivity contribution in [3.05, 3.63) is 53.9 Å². The minimum atomic E-state index is -0.194. The van der Waals surface area contributed by atoms with Crippen LogP contribution in [0.15, 0.2) is 42.6 Å². The predicted octanol–water partition coefficient (Wildman–Crippen LogP) is 1.60. The van der Waals surface area contributed by atoms with E-state index in [0.717, 1.165) is 5.69 Å². The minimum absolute atomic E-state index is 0.194. The summed E-state index contributed by atoms with van der Waals surface area (Å²) in [6, 6.07) is 10.5. The molecule has 5 heteroatoms. The molecule has 1 aromatic heterocycles. The zero-order valence-electron chi connectivity index (χ0n) is 10.6. The van der Waals surface area contributed by atoms with Gasteiger partial charge in [0, 0.05) is 11.8 Å². The number of nitrogens with two attached hydrogens (primary N) is 1. The first-order chi connectivity index (χ1) is 9.20. The molecule has 2 rings (SSSR count). The van der Waals surface area contributed by atoms with Gasteiger partial charge in [-0.25, -0.2) is 0 Å². The lowest BCUT2D eigenvalue weighted by molar-refractivity contribution is 0.0950. The number of hydrogen-bond donors (Lipinski definition) is 2. The largest absolute Gasteiger partial charge is 0.495 e. The van der Waals surface area contributed by atoms with Crippen LogP contribution < -0.4 is 15.8 Å². The highest BCUT2D eigenvalue weighted by Crippen LogP contribution is 2.21. The van der Waals surface area contributed by atoms with Gasteiger partial charge in [-0.2, -0.15) is 0 Å². The second kappa shape index (κ2) is 5.86. The van der Waals surface area contributed by atoms with Gasteiger partial charge in [0.05, 0.1) is 25.0 Å². The number of pyridine rings is 1. The van der Waals surface area contributed by atoms with Crippen LogP contribution in [-0.2, 0) is 6.54 Å². The maximum atomic E-state index is 11.9. The molecule has 0 aliphatic rings. The lowest BCUT2D eigenvalue weighted by Gasteiger charge is -2.08. The van der Waals surface area contributed by atoms with Gasteiger partial charge in [-0.05, 0) is 30.3 Å². The van der Waals surface area contributed by atoms with Crippen molar-refractivity contribution in [2.75, 3.05) is 12.8 Å². The average molecular weight is 257 g/mol. The zero-order chi connectivity index (χ0) is 13.7. The van der Waals surface area contributed by atoms with Crippen LogP contribution >= 0.6 is 0 Å². The predicted molar refractivity (Wildman–Crippen MR) is 72.8 cm³/mol. The fourth-order valence-electron chi connectivity index (χ4n) is 1.65. The molecule has 0 aliphatic heterocycles. The molecule has 0 saturated carbocycles. The van der Waals surface area contributed by atoms with Gasteiger partial charge in [0.1, 0.15) is 5.75 Å². The molecule has 98 valence electrons. The standard InChI is InChI=1S/C14H15N3O2/c1-19-13-6-5-10(8-12(13)15)14(18)17-9-11-4-2-3-7-16-11/h2-8H,9,15H2,1H3,(H,17,18). The molecule has 0 atom stereocenters. The SMILES string of the molecule is COc1ccc(C(=O)NCc2ccccn2)cc1N. The van der Waals surface area contributed by atoms with Crippen LogP contribution in [-0.4, -0.2) is 18.0 Å². The Morgan fingerprint density at radius 2 is 2.21 bits per heavy atom. The third-order valence-electron chi connectivity index (χ3n) is 2.65. The number of carbonyl (C=O) groups is 1. The van der Waals surface area contributed by atoms with Gasteiger partial charge in [0.15, 0.2) is 0 Å². The Morgan fingerprint density at radius 3 is 2.84 bits per heavy atom. The molecule has 3 N–H and O–H groups in total. The number of ether oxygens (including phenoxy) is 1. The highest BCUT2D eigenvalue weighted by atomic mass is 16.5. The van der Waals surface area contributed by atoms with E-state index in [0.29, 0.717) is 23.5 Å². The van der Waals surface area contributed by atoms with Crippen LogP contribution in [0.2, 0.25) is 0 Å². The third kappa shape index (κ3) is 3.22. The van der Waals surface area contributed by atoms with E-state index in [4.69, 9.17) is 10.5 Å². The summed E-state index contributed by atoms with van der Waals surface area (Å²) >= 11 is 0. The molecule has 1 amide bonds. The van der Waals surface area contributed by atoms with E-state index < -0.39 is 0 Å². The number of nitrogens with zero attached hydrogens (tertiary/aromatic N) is 1. The fourth-order valence-corrected chi connectivity index (χ4v) is 1.65.